The molecule has 5 atom stereocenters. The Morgan fingerprint density at radius 3 is 2.24 bits per heavy atom. The molecule has 0 bridgehead atoms. The molecule has 3 aromatic rings. The minimum absolute atomic E-state index is 0.0143. The van der Waals surface area contributed by atoms with Crippen LogP contribution in [0.4, 0.5) is 0 Å². The average Bonchev–Trinajstić information content (AvgIpc) is 3.52. The Balaban J connectivity index is 1.96. The van der Waals surface area contributed by atoms with Crippen LogP contribution in [0.3, 0.4) is 0 Å². The van der Waals surface area contributed by atoms with Crippen molar-refractivity contribution < 1.29 is 9.47 Å². The minimum Gasteiger partial charge on any atom is -0.467 e. The summed E-state index contributed by atoms with van der Waals surface area (Å²) in [6, 6.07) is 22.1. The highest BCUT2D eigenvalue weighted by Crippen LogP contribution is 2.64. The van der Waals surface area contributed by atoms with Crippen LogP contribution in [0, 0.1) is 18.8 Å². The van der Waals surface area contributed by atoms with Crippen molar-refractivity contribution in [3.63, 3.8) is 0 Å². The summed E-state index contributed by atoms with van der Waals surface area (Å²) in [5.74, 6) is 2.30. The van der Waals surface area contributed by atoms with E-state index in [1.54, 1.807) is 7.11 Å². The van der Waals surface area contributed by atoms with Gasteiger partial charge >= 0.3 is 0 Å². The van der Waals surface area contributed by atoms with Gasteiger partial charge in [-0.05, 0) is 47.0 Å². The molecule has 1 fully saturated rings. The van der Waals surface area contributed by atoms with Crippen molar-refractivity contribution in [2.24, 2.45) is 16.8 Å². The topological polar surface area (TPSA) is 30.8 Å². The highest BCUT2D eigenvalue weighted by molar-refractivity contribution is 7.49. The molecule has 0 heterocycles. The molecule has 0 N–H and O–H groups in total. The molecule has 226 valence electrons. The number of nitrogens with zero attached hydrogens (tertiary/aromatic N) is 1. The van der Waals surface area contributed by atoms with Crippen LogP contribution in [0.25, 0.3) is 0 Å². The molecule has 4 unspecified atom stereocenters. The third kappa shape index (κ3) is 5.97. The molecule has 0 spiro atoms. The van der Waals surface area contributed by atoms with E-state index in [1.165, 1.54) is 39.5 Å². The summed E-state index contributed by atoms with van der Waals surface area (Å²) >= 11 is 0. The van der Waals surface area contributed by atoms with Gasteiger partial charge in [0.2, 0.25) is 0 Å². The third-order valence-electron chi connectivity index (χ3n) is 10.0. The van der Waals surface area contributed by atoms with Crippen molar-refractivity contribution in [2.45, 2.75) is 91.1 Å². The van der Waals surface area contributed by atoms with E-state index in [0.717, 1.165) is 23.4 Å². The zero-order valence-corrected chi connectivity index (χ0v) is 28.8. The first kappa shape index (κ1) is 32.4. The largest absolute Gasteiger partial charge is 0.467 e. The van der Waals surface area contributed by atoms with E-state index < -0.39 is 0 Å². The van der Waals surface area contributed by atoms with Crippen molar-refractivity contribution in [2.75, 3.05) is 21.0 Å². The normalized spacial score (nSPS) is 22.4. The Kier molecular flexibility index (Phi) is 9.75. The van der Waals surface area contributed by atoms with Gasteiger partial charge < -0.3 is 9.47 Å². The van der Waals surface area contributed by atoms with Crippen LogP contribution >= 0.6 is 8.58 Å². The maximum Gasteiger partial charge on any atom is 0.188 e. The van der Waals surface area contributed by atoms with Crippen LogP contribution < -0.4 is 10.0 Å². The molecular weight excluding hydrogens is 533 g/mol. The Hall–Kier alpha value is -2.48. The van der Waals surface area contributed by atoms with Gasteiger partial charge in [-0.3, -0.25) is 4.99 Å². The lowest BCUT2D eigenvalue weighted by Crippen LogP contribution is -2.27. The molecule has 0 radical (unpaired) electrons. The maximum absolute atomic E-state index is 6.64. The molecule has 3 nitrogen and oxygen atoms in total. The van der Waals surface area contributed by atoms with E-state index >= 15 is 0 Å². The standard InChI is InChI=1S/C38H52NO2P/c1-12-30-26(4)38(30,9)32-23-28(36(5,6)7)22-31(34(32)41-24-40-11)37(8,13-2)42-35-25(3)18-17-21-29(35)33(39-10)27-19-15-14-16-20-27/h14-23,26,30,42H,12-13,24H2,1-11H3/t26-,30?,37?,38?/m1/s1. The zero-order chi connectivity index (χ0) is 30.9. The van der Waals surface area contributed by atoms with Gasteiger partial charge in [0.1, 0.15) is 5.75 Å². The van der Waals surface area contributed by atoms with Gasteiger partial charge in [0.05, 0.1) is 5.71 Å². The second-order valence-corrected chi connectivity index (χ2v) is 15.4. The van der Waals surface area contributed by atoms with Crippen LogP contribution in [0.15, 0.2) is 65.7 Å². The van der Waals surface area contributed by atoms with Crippen LogP contribution in [-0.2, 0) is 20.7 Å². The molecule has 4 rings (SSSR count). The van der Waals surface area contributed by atoms with E-state index in [2.05, 4.69) is 123 Å². The number of aryl methyl sites for hydroxylation is 1. The smallest absolute Gasteiger partial charge is 0.188 e. The zero-order valence-electron chi connectivity index (χ0n) is 27.8. The van der Waals surface area contributed by atoms with Crippen molar-refractivity contribution in [3.05, 3.63) is 94.0 Å². The third-order valence-corrected chi connectivity index (χ3v) is 12.1. The maximum atomic E-state index is 6.64. The quantitative estimate of drug-likeness (QED) is 0.128. The first-order chi connectivity index (χ1) is 19.9. The molecule has 1 aliphatic rings. The van der Waals surface area contributed by atoms with Crippen molar-refractivity contribution >= 4 is 19.6 Å². The van der Waals surface area contributed by atoms with Gasteiger partial charge in [-0.15, -0.1) is 0 Å². The molecule has 42 heavy (non-hydrogen) atoms. The fourth-order valence-electron chi connectivity index (χ4n) is 6.86. The molecule has 0 saturated heterocycles. The molecule has 1 aliphatic carbocycles. The molecule has 3 aromatic carbocycles. The van der Waals surface area contributed by atoms with Gasteiger partial charge in [-0.1, -0.05) is 131 Å². The minimum atomic E-state index is -0.147. The van der Waals surface area contributed by atoms with E-state index in [0.29, 0.717) is 20.4 Å². The Morgan fingerprint density at radius 1 is 1.00 bits per heavy atom. The van der Waals surface area contributed by atoms with Crippen LogP contribution in [0.1, 0.15) is 102 Å². The van der Waals surface area contributed by atoms with E-state index in [1.807, 2.05) is 7.05 Å². The Morgan fingerprint density at radius 2 is 1.69 bits per heavy atom. The number of rotatable bonds is 11. The predicted molar refractivity (Wildman–Crippen MR) is 183 cm³/mol. The fraction of sp³-hybridized carbons (Fsp3) is 0.500. The van der Waals surface area contributed by atoms with Gasteiger partial charge in [0, 0.05) is 47.0 Å². The first-order valence-electron chi connectivity index (χ1n) is 15.6. The van der Waals surface area contributed by atoms with Crippen molar-refractivity contribution in [1.29, 1.82) is 0 Å². The molecule has 0 aromatic heterocycles. The van der Waals surface area contributed by atoms with Crippen molar-refractivity contribution in [3.8, 4) is 5.75 Å². The summed E-state index contributed by atoms with van der Waals surface area (Å²) in [6.45, 7) is 21.4. The number of methoxy groups -OCH3 is 1. The highest BCUT2D eigenvalue weighted by atomic mass is 31.1. The highest BCUT2D eigenvalue weighted by Gasteiger charge is 2.59. The second-order valence-electron chi connectivity index (χ2n) is 13.5. The summed E-state index contributed by atoms with van der Waals surface area (Å²) < 4.78 is 12.2. The van der Waals surface area contributed by atoms with Crippen molar-refractivity contribution in [1.82, 2.24) is 0 Å². The number of benzene rings is 3. The monoisotopic (exact) mass is 585 g/mol. The van der Waals surface area contributed by atoms with Crippen LogP contribution in [0.5, 0.6) is 5.75 Å². The summed E-state index contributed by atoms with van der Waals surface area (Å²) in [5.41, 5.74) is 8.88. The van der Waals surface area contributed by atoms with E-state index in [9.17, 15) is 0 Å². The number of aliphatic imine (C=N–C) groups is 1. The van der Waals surface area contributed by atoms with E-state index in [4.69, 9.17) is 14.5 Å². The molecular formula is C38H52NO2P. The summed E-state index contributed by atoms with van der Waals surface area (Å²) in [5, 5.41) is 1.23. The Bertz CT molecular complexity index is 1420. The van der Waals surface area contributed by atoms with Crippen LogP contribution in [0.2, 0.25) is 0 Å². The molecule has 0 aliphatic heterocycles. The fourth-order valence-corrected chi connectivity index (χ4v) is 8.52. The average molecular weight is 586 g/mol. The number of hydrogen-bond donors (Lipinski definition) is 0. The summed E-state index contributed by atoms with van der Waals surface area (Å²) in [7, 11) is 4.16. The number of hydrogen-bond acceptors (Lipinski definition) is 3. The van der Waals surface area contributed by atoms with Gasteiger partial charge in [0.15, 0.2) is 6.79 Å². The lowest BCUT2D eigenvalue weighted by Gasteiger charge is -2.36. The first-order valence-corrected chi connectivity index (χ1v) is 16.6. The lowest BCUT2D eigenvalue weighted by atomic mass is 9.79. The lowest BCUT2D eigenvalue weighted by molar-refractivity contribution is 0.0488. The van der Waals surface area contributed by atoms with Gasteiger partial charge in [-0.25, -0.2) is 0 Å². The predicted octanol–water partition coefficient (Wildman–Crippen LogP) is 9.31. The SMILES string of the molecule is CCC1[C@@H](C)C1(C)c1cc(C(C)(C)C)cc(C(C)(CC)Pc2c(C)cccc2C(=NC)c2ccccc2)c1OCOC. The number of ether oxygens (including phenoxy) is 2. The molecule has 1 saturated carbocycles. The Labute approximate surface area is 257 Å². The van der Waals surface area contributed by atoms with Gasteiger partial charge in [0.25, 0.3) is 0 Å². The summed E-state index contributed by atoms with van der Waals surface area (Å²) in [4.78, 5) is 4.82. The van der Waals surface area contributed by atoms with Gasteiger partial charge in [-0.2, -0.15) is 0 Å². The molecule has 0 amide bonds. The molecule has 4 heteroatoms. The second kappa shape index (κ2) is 12.6. The van der Waals surface area contributed by atoms with E-state index in [-0.39, 0.29) is 22.8 Å². The summed E-state index contributed by atoms with van der Waals surface area (Å²) in [6.07, 6.45) is 2.16. The van der Waals surface area contributed by atoms with Crippen LogP contribution in [-0.4, -0.2) is 26.7 Å².